The monoisotopic (exact) mass is 204 g/mol. The van der Waals surface area contributed by atoms with E-state index in [1.54, 1.807) is 18.2 Å². The van der Waals surface area contributed by atoms with Crippen LogP contribution in [0.1, 0.15) is 0 Å². The van der Waals surface area contributed by atoms with Gasteiger partial charge < -0.3 is 10.7 Å². The second-order valence-electron chi connectivity index (χ2n) is 3.17. The molecule has 0 radical (unpaired) electrons. The van der Waals surface area contributed by atoms with Crippen LogP contribution in [0.4, 0.5) is 10.1 Å². The normalized spacial score (nSPS) is 10.2. The quantitative estimate of drug-likeness (QED) is 0.695. The topological polar surface area (TPSA) is 58.9 Å². The number of aromatic nitrogens is 1. The van der Waals surface area contributed by atoms with Gasteiger partial charge in [0.05, 0.1) is 5.69 Å². The van der Waals surface area contributed by atoms with E-state index in [1.807, 2.05) is 0 Å². The molecule has 2 rings (SSSR count). The SMILES string of the molecule is Nc1cc(-c2cccc(=O)[nH]2)ccc1F. The lowest BCUT2D eigenvalue weighted by Crippen LogP contribution is -2.03. The molecule has 15 heavy (non-hydrogen) atoms. The second-order valence-corrected chi connectivity index (χ2v) is 3.17. The summed E-state index contributed by atoms with van der Waals surface area (Å²) >= 11 is 0. The van der Waals surface area contributed by atoms with Crippen molar-refractivity contribution in [2.45, 2.75) is 0 Å². The summed E-state index contributed by atoms with van der Waals surface area (Å²) in [6.07, 6.45) is 0. The zero-order valence-corrected chi connectivity index (χ0v) is 7.83. The first-order chi connectivity index (χ1) is 7.16. The van der Waals surface area contributed by atoms with Crippen LogP contribution in [0.5, 0.6) is 0 Å². The van der Waals surface area contributed by atoms with Crippen molar-refractivity contribution in [1.29, 1.82) is 0 Å². The number of halogens is 1. The van der Waals surface area contributed by atoms with E-state index in [1.165, 1.54) is 18.2 Å². The molecule has 3 nitrogen and oxygen atoms in total. The summed E-state index contributed by atoms with van der Waals surface area (Å²) in [5.74, 6) is -0.461. The van der Waals surface area contributed by atoms with Gasteiger partial charge in [-0.05, 0) is 24.3 Å². The van der Waals surface area contributed by atoms with E-state index in [2.05, 4.69) is 4.98 Å². The maximum atomic E-state index is 12.9. The summed E-state index contributed by atoms with van der Waals surface area (Å²) in [6, 6.07) is 9.10. The van der Waals surface area contributed by atoms with Gasteiger partial charge in [-0.3, -0.25) is 4.79 Å². The first-order valence-corrected chi connectivity index (χ1v) is 4.41. The zero-order valence-electron chi connectivity index (χ0n) is 7.83. The number of hydrogen-bond acceptors (Lipinski definition) is 2. The summed E-state index contributed by atoms with van der Waals surface area (Å²) in [4.78, 5) is 13.7. The van der Waals surface area contributed by atoms with Gasteiger partial charge >= 0.3 is 0 Å². The van der Waals surface area contributed by atoms with Gasteiger partial charge in [-0.15, -0.1) is 0 Å². The Morgan fingerprint density at radius 3 is 2.67 bits per heavy atom. The highest BCUT2D eigenvalue weighted by Gasteiger charge is 2.02. The Hall–Kier alpha value is -2.10. The van der Waals surface area contributed by atoms with Crippen LogP contribution in [0.15, 0.2) is 41.2 Å². The third-order valence-electron chi connectivity index (χ3n) is 2.08. The van der Waals surface area contributed by atoms with Gasteiger partial charge in [0.2, 0.25) is 5.56 Å². The number of nitrogens with two attached hydrogens (primary N) is 1. The Morgan fingerprint density at radius 1 is 1.20 bits per heavy atom. The Bertz CT molecular complexity index is 548. The number of nitrogens with one attached hydrogen (secondary N) is 1. The van der Waals surface area contributed by atoms with Crippen molar-refractivity contribution in [3.05, 3.63) is 52.6 Å². The summed E-state index contributed by atoms with van der Waals surface area (Å²) in [5.41, 5.74) is 6.60. The molecular formula is C11H9FN2O. The molecule has 1 heterocycles. The summed E-state index contributed by atoms with van der Waals surface area (Å²) < 4.78 is 12.9. The minimum atomic E-state index is -0.461. The molecular weight excluding hydrogens is 195 g/mol. The molecule has 1 aromatic heterocycles. The van der Waals surface area contributed by atoms with Crippen molar-refractivity contribution >= 4 is 5.69 Å². The van der Waals surface area contributed by atoms with Crippen LogP contribution in [0, 0.1) is 5.82 Å². The fourth-order valence-electron chi connectivity index (χ4n) is 1.33. The number of rotatable bonds is 1. The highest BCUT2D eigenvalue weighted by atomic mass is 19.1. The number of aromatic amines is 1. The lowest BCUT2D eigenvalue weighted by molar-refractivity contribution is 0.632. The van der Waals surface area contributed by atoms with Crippen molar-refractivity contribution in [2.24, 2.45) is 0 Å². The number of hydrogen-bond donors (Lipinski definition) is 2. The van der Waals surface area contributed by atoms with Crippen LogP contribution >= 0.6 is 0 Å². The van der Waals surface area contributed by atoms with Crippen molar-refractivity contribution in [1.82, 2.24) is 4.98 Å². The highest BCUT2D eigenvalue weighted by Crippen LogP contribution is 2.20. The molecule has 0 amide bonds. The van der Waals surface area contributed by atoms with Gasteiger partial charge in [-0.1, -0.05) is 6.07 Å². The van der Waals surface area contributed by atoms with Gasteiger partial charge in [0.25, 0.3) is 0 Å². The molecule has 0 bridgehead atoms. The maximum absolute atomic E-state index is 12.9. The van der Waals surface area contributed by atoms with Crippen LogP contribution in [0.2, 0.25) is 0 Å². The van der Waals surface area contributed by atoms with Crippen LogP contribution in [-0.2, 0) is 0 Å². The second kappa shape index (κ2) is 3.57. The summed E-state index contributed by atoms with van der Waals surface area (Å²) in [5, 5.41) is 0. The van der Waals surface area contributed by atoms with E-state index < -0.39 is 5.82 Å². The number of pyridine rings is 1. The molecule has 0 aliphatic rings. The smallest absolute Gasteiger partial charge is 0.248 e. The molecule has 0 fully saturated rings. The van der Waals surface area contributed by atoms with Gasteiger partial charge in [0, 0.05) is 17.3 Å². The predicted molar refractivity (Wildman–Crippen MR) is 56.9 cm³/mol. The van der Waals surface area contributed by atoms with Crippen molar-refractivity contribution in [2.75, 3.05) is 5.73 Å². The molecule has 4 heteroatoms. The van der Waals surface area contributed by atoms with E-state index in [9.17, 15) is 9.18 Å². The van der Waals surface area contributed by atoms with E-state index in [0.29, 0.717) is 11.3 Å². The number of nitrogen functional groups attached to an aromatic ring is 1. The lowest BCUT2D eigenvalue weighted by atomic mass is 10.1. The van der Waals surface area contributed by atoms with Gasteiger partial charge in [0.1, 0.15) is 5.82 Å². The average Bonchev–Trinajstić information content (AvgIpc) is 2.22. The standard InChI is InChI=1S/C11H9FN2O/c12-8-5-4-7(6-9(8)13)10-2-1-3-11(15)14-10/h1-6H,13H2,(H,14,15). The minimum absolute atomic E-state index is 0.0669. The molecule has 1 aromatic carbocycles. The average molecular weight is 204 g/mol. The Morgan fingerprint density at radius 2 is 2.00 bits per heavy atom. The van der Waals surface area contributed by atoms with E-state index in [0.717, 1.165) is 0 Å². The number of H-pyrrole nitrogens is 1. The molecule has 0 atom stereocenters. The summed E-state index contributed by atoms with van der Waals surface area (Å²) in [6.45, 7) is 0. The molecule has 0 saturated carbocycles. The van der Waals surface area contributed by atoms with Crippen molar-refractivity contribution in [3.8, 4) is 11.3 Å². The molecule has 3 N–H and O–H groups in total. The third-order valence-corrected chi connectivity index (χ3v) is 2.08. The van der Waals surface area contributed by atoms with E-state index in [-0.39, 0.29) is 11.2 Å². The lowest BCUT2D eigenvalue weighted by Gasteiger charge is -2.02. The molecule has 0 unspecified atom stereocenters. The Labute approximate surface area is 85.4 Å². The molecule has 76 valence electrons. The fourth-order valence-corrected chi connectivity index (χ4v) is 1.33. The predicted octanol–water partition coefficient (Wildman–Crippen LogP) is 1.76. The van der Waals surface area contributed by atoms with Gasteiger partial charge in [-0.25, -0.2) is 4.39 Å². The van der Waals surface area contributed by atoms with Crippen molar-refractivity contribution in [3.63, 3.8) is 0 Å². The maximum Gasteiger partial charge on any atom is 0.248 e. The van der Waals surface area contributed by atoms with Crippen LogP contribution < -0.4 is 11.3 Å². The third kappa shape index (κ3) is 1.88. The first kappa shape index (κ1) is 9.45. The molecule has 0 aliphatic heterocycles. The number of benzene rings is 1. The molecule has 0 aliphatic carbocycles. The van der Waals surface area contributed by atoms with Crippen LogP contribution in [0.25, 0.3) is 11.3 Å². The minimum Gasteiger partial charge on any atom is -0.396 e. The molecule has 0 saturated heterocycles. The number of anilines is 1. The molecule has 0 spiro atoms. The molecule has 2 aromatic rings. The highest BCUT2D eigenvalue weighted by molar-refractivity contribution is 5.63. The Balaban J connectivity index is 2.55. The van der Waals surface area contributed by atoms with E-state index >= 15 is 0 Å². The first-order valence-electron chi connectivity index (χ1n) is 4.41. The largest absolute Gasteiger partial charge is 0.396 e. The van der Waals surface area contributed by atoms with Crippen LogP contribution in [-0.4, -0.2) is 4.98 Å². The van der Waals surface area contributed by atoms with Gasteiger partial charge in [-0.2, -0.15) is 0 Å². The van der Waals surface area contributed by atoms with Crippen LogP contribution in [0.3, 0.4) is 0 Å². The fraction of sp³-hybridized carbons (Fsp3) is 0. The zero-order chi connectivity index (χ0) is 10.8. The van der Waals surface area contributed by atoms with E-state index in [4.69, 9.17) is 5.73 Å². The van der Waals surface area contributed by atoms with Gasteiger partial charge in [0.15, 0.2) is 0 Å². The Kier molecular flexibility index (Phi) is 2.25. The summed E-state index contributed by atoms with van der Waals surface area (Å²) in [7, 11) is 0. The van der Waals surface area contributed by atoms with Crippen molar-refractivity contribution < 1.29 is 4.39 Å².